The molecule has 0 bridgehead atoms. The molecule has 1 N–H and O–H groups in total. The molecule has 1 aromatic rings. The van der Waals surface area contributed by atoms with Gasteiger partial charge in [-0.2, -0.15) is 0 Å². The number of carbonyl (C=O) groups excluding carboxylic acids is 1. The SMILES string of the molecule is CCNC(C(=O)OCC)c1ccc(CC(C)C)cc1. The summed E-state index contributed by atoms with van der Waals surface area (Å²) in [5, 5.41) is 3.17. The molecular formula is C16H25NO2. The molecule has 1 atom stereocenters. The zero-order valence-corrected chi connectivity index (χ0v) is 12.4. The van der Waals surface area contributed by atoms with Crippen molar-refractivity contribution in [2.45, 2.75) is 40.2 Å². The van der Waals surface area contributed by atoms with Gasteiger partial charge in [-0.1, -0.05) is 45.0 Å². The summed E-state index contributed by atoms with van der Waals surface area (Å²) < 4.78 is 5.10. The van der Waals surface area contributed by atoms with Crippen molar-refractivity contribution < 1.29 is 9.53 Å². The van der Waals surface area contributed by atoms with E-state index in [4.69, 9.17) is 4.74 Å². The van der Waals surface area contributed by atoms with Crippen molar-refractivity contribution in [3.63, 3.8) is 0 Å². The average Bonchev–Trinajstić information content (AvgIpc) is 2.36. The summed E-state index contributed by atoms with van der Waals surface area (Å²) in [7, 11) is 0. The van der Waals surface area contributed by atoms with Crippen molar-refractivity contribution in [2.24, 2.45) is 5.92 Å². The normalized spacial score (nSPS) is 12.5. The molecule has 0 heterocycles. The van der Waals surface area contributed by atoms with Gasteiger partial charge < -0.3 is 10.1 Å². The fourth-order valence-electron chi connectivity index (χ4n) is 2.08. The van der Waals surface area contributed by atoms with E-state index in [-0.39, 0.29) is 12.0 Å². The van der Waals surface area contributed by atoms with Crippen molar-refractivity contribution in [2.75, 3.05) is 13.2 Å². The molecule has 0 saturated heterocycles. The van der Waals surface area contributed by atoms with E-state index >= 15 is 0 Å². The molecular weight excluding hydrogens is 238 g/mol. The zero-order chi connectivity index (χ0) is 14.3. The van der Waals surface area contributed by atoms with Gasteiger partial charge in [-0.15, -0.1) is 0 Å². The molecule has 0 saturated carbocycles. The third kappa shape index (κ3) is 5.03. The number of rotatable bonds is 7. The Morgan fingerprint density at radius 1 is 1.21 bits per heavy atom. The predicted molar refractivity (Wildman–Crippen MR) is 78.0 cm³/mol. The van der Waals surface area contributed by atoms with Crippen LogP contribution in [0.25, 0.3) is 0 Å². The first-order valence-corrected chi connectivity index (χ1v) is 7.07. The highest BCUT2D eigenvalue weighted by atomic mass is 16.5. The average molecular weight is 263 g/mol. The van der Waals surface area contributed by atoms with E-state index in [2.05, 4.69) is 31.3 Å². The number of esters is 1. The maximum Gasteiger partial charge on any atom is 0.327 e. The fraction of sp³-hybridized carbons (Fsp3) is 0.562. The molecule has 1 aromatic carbocycles. The van der Waals surface area contributed by atoms with Gasteiger partial charge in [-0.3, -0.25) is 0 Å². The summed E-state index contributed by atoms with van der Waals surface area (Å²) in [6.45, 7) is 9.36. The molecule has 0 aliphatic carbocycles. The summed E-state index contributed by atoms with van der Waals surface area (Å²) >= 11 is 0. The smallest absolute Gasteiger partial charge is 0.327 e. The van der Waals surface area contributed by atoms with E-state index in [1.54, 1.807) is 0 Å². The van der Waals surface area contributed by atoms with Crippen molar-refractivity contribution in [3.05, 3.63) is 35.4 Å². The number of carbonyl (C=O) groups is 1. The van der Waals surface area contributed by atoms with Crippen molar-refractivity contribution in [1.82, 2.24) is 5.32 Å². The number of likely N-dealkylation sites (N-methyl/N-ethyl adjacent to an activating group) is 1. The predicted octanol–water partition coefficient (Wildman–Crippen LogP) is 3.10. The minimum absolute atomic E-state index is 0.207. The molecule has 0 radical (unpaired) electrons. The quantitative estimate of drug-likeness (QED) is 0.768. The molecule has 106 valence electrons. The topological polar surface area (TPSA) is 38.3 Å². The van der Waals surface area contributed by atoms with E-state index < -0.39 is 0 Å². The first-order valence-electron chi connectivity index (χ1n) is 7.07. The fourth-order valence-corrected chi connectivity index (χ4v) is 2.08. The van der Waals surface area contributed by atoms with Gasteiger partial charge in [0.2, 0.25) is 0 Å². The van der Waals surface area contributed by atoms with Crippen LogP contribution >= 0.6 is 0 Å². The number of ether oxygens (including phenoxy) is 1. The summed E-state index contributed by atoms with van der Waals surface area (Å²) in [5.41, 5.74) is 2.27. The van der Waals surface area contributed by atoms with Gasteiger partial charge in [-0.05, 0) is 36.9 Å². The molecule has 3 nitrogen and oxygen atoms in total. The Morgan fingerprint density at radius 3 is 2.32 bits per heavy atom. The first kappa shape index (κ1) is 15.7. The van der Waals surface area contributed by atoms with Crippen LogP contribution in [0.3, 0.4) is 0 Å². The lowest BCUT2D eigenvalue weighted by Crippen LogP contribution is -2.30. The van der Waals surface area contributed by atoms with Gasteiger partial charge in [0.05, 0.1) is 6.61 Å². The van der Waals surface area contributed by atoms with Crippen LogP contribution in [-0.4, -0.2) is 19.1 Å². The molecule has 1 unspecified atom stereocenters. The number of benzene rings is 1. The van der Waals surface area contributed by atoms with Gasteiger partial charge in [0, 0.05) is 0 Å². The first-order chi connectivity index (χ1) is 9.08. The third-order valence-electron chi connectivity index (χ3n) is 2.89. The highest BCUT2D eigenvalue weighted by Crippen LogP contribution is 2.17. The summed E-state index contributed by atoms with van der Waals surface area (Å²) in [6.07, 6.45) is 1.06. The van der Waals surface area contributed by atoms with Crippen LogP contribution in [0.4, 0.5) is 0 Å². The van der Waals surface area contributed by atoms with Crippen LogP contribution < -0.4 is 5.32 Å². The van der Waals surface area contributed by atoms with Gasteiger partial charge >= 0.3 is 5.97 Å². The highest BCUT2D eigenvalue weighted by molar-refractivity contribution is 5.77. The summed E-state index contributed by atoms with van der Waals surface area (Å²) in [6, 6.07) is 7.86. The molecule has 19 heavy (non-hydrogen) atoms. The lowest BCUT2D eigenvalue weighted by atomic mass is 9.99. The number of nitrogens with one attached hydrogen (secondary N) is 1. The Kier molecular flexibility index (Phi) is 6.57. The van der Waals surface area contributed by atoms with Gasteiger partial charge in [0.15, 0.2) is 0 Å². The standard InChI is InChI=1S/C16H25NO2/c1-5-17-15(16(18)19-6-2)14-9-7-13(8-10-14)11-12(3)4/h7-10,12,15,17H,5-6,11H2,1-4H3. The number of hydrogen-bond donors (Lipinski definition) is 1. The molecule has 0 aliphatic rings. The lowest BCUT2D eigenvalue weighted by Gasteiger charge is -2.17. The van der Waals surface area contributed by atoms with E-state index in [9.17, 15) is 4.79 Å². The Labute approximate surface area is 116 Å². The largest absolute Gasteiger partial charge is 0.465 e. The second kappa shape index (κ2) is 7.95. The van der Waals surface area contributed by atoms with Crippen LogP contribution in [0, 0.1) is 5.92 Å². The number of hydrogen-bond acceptors (Lipinski definition) is 3. The van der Waals surface area contributed by atoms with Crippen LogP contribution in [0.15, 0.2) is 24.3 Å². The van der Waals surface area contributed by atoms with Crippen LogP contribution in [0.1, 0.15) is 44.9 Å². The van der Waals surface area contributed by atoms with Crippen molar-refractivity contribution >= 4 is 5.97 Å². The minimum Gasteiger partial charge on any atom is -0.465 e. The summed E-state index contributed by atoms with van der Waals surface area (Å²) in [5.74, 6) is 0.432. The van der Waals surface area contributed by atoms with Gasteiger partial charge in [0.25, 0.3) is 0 Å². The van der Waals surface area contributed by atoms with Crippen molar-refractivity contribution in [1.29, 1.82) is 0 Å². The van der Waals surface area contributed by atoms with E-state index in [0.29, 0.717) is 12.5 Å². The summed E-state index contributed by atoms with van der Waals surface area (Å²) in [4.78, 5) is 11.9. The van der Waals surface area contributed by atoms with Crippen LogP contribution in [0.5, 0.6) is 0 Å². The van der Waals surface area contributed by atoms with Crippen molar-refractivity contribution in [3.8, 4) is 0 Å². The molecule has 3 heteroatoms. The zero-order valence-electron chi connectivity index (χ0n) is 12.4. The molecule has 0 amide bonds. The van der Waals surface area contributed by atoms with Crippen LogP contribution in [-0.2, 0) is 16.0 Å². The van der Waals surface area contributed by atoms with Gasteiger partial charge in [0.1, 0.15) is 6.04 Å². The molecule has 0 spiro atoms. The van der Waals surface area contributed by atoms with E-state index in [1.165, 1.54) is 5.56 Å². The second-order valence-electron chi connectivity index (χ2n) is 5.08. The molecule has 0 aliphatic heterocycles. The third-order valence-corrected chi connectivity index (χ3v) is 2.89. The highest BCUT2D eigenvalue weighted by Gasteiger charge is 2.20. The minimum atomic E-state index is -0.363. The maximum absolute atomic E-state index is 11.9. The van der Waals surface area contributed by atoms with E-state index in [0.717, 1.165) is 18.5 Å². The molecule has 0 fully saturated rings. The van der Waals surface area contributed by atoms with Gasteiger partial charge in [-0.25, -0.2) is 4.79 Å². The second-order valence-corrected chi connectivity index (χ2v) is 5.08. The Hall–Kier alpha value is -1.35. The Balaban J connectivity index is 2.81. The van der Waals surface area contributed by atoms with E-state index in [1.807, 2.05) is 26.0 Å². The monoisotopic (exact) mass is 263 g/mol. The molecule has 0 aromatic heterocycles. The van der Waals surface area contributed by atoms with Crippen LogP contribution in [0.2, 0.25) is 0 Å². The Morgan fingerprint density at radius 2 is 1.84 bits per heavy atom. The maximum atomic E-state index is 11.9. The lowest BCUT2D eigenvalue weighted by molar-refractivity contribution is -0.145. The Bertz CT molecular complexity index is 384. The molecule has 1 rings (SSSR count).